The first-order valence-corrected chi connectivity index (χ1v) is 11.4. The number of nitrogens with zero attached hydrogens (tertiary/aromatic N) is 5. The Morgan fingerprint density at radius 3 is 2.66 bits per heavy atom. The first-order valence-electron chi connectivity index (χ1n) is 11.4. The zero-order chi connectivity index (χ0) is 24.8. The molecule has 2 aliphatic heterocycles. The first kappa shape index (κ1) is 24.0. The van der Waals surface area contributed by atoms with Crippen molar-refractivity contribution in [3.05, 3.63) is 59.4 Å². The lowest BCUT2D eigenvalue weighted by Crippen LogP contribution is -2.51. The number of nitrogens with one attached hydrogen (secondary N) is 1. The fraction of sp³-hybridized carbons (Fsp3) is 0.333. The van der Waals surface area contributed by atoms with E-state index in [9.17, 15) is 9.18 Å². The smallest absolute Gasteiger partial charge is 0.217 e. The third kappa shape index (κ3) is 6.25. The summed E-state index contributed by atoms with van der Waals surface area (Å²) >= 11 is 0. The number of anilines is 2. The van der Waals surface area contributed by atoms with Gasteiger partial charge in [0.15, 0.2) is 0 Å². The number of guanidine groups is 1. The van der Waals surface area contributed by atoms with Gasteiger partial charge in [-0.05, 0) is 29.8 Å². The summed E-state index contributed by atoms with van der Waals surface area (Å²) < 4.78 is 15.0. The highest BCUT2D eigenvalue weighted by atomic mass is 19.1. The monoisotopic (exact) mass is 480 g/mol. The number of carbonyl (C=O) groups excluding carboxylic acids is 1. The van der Waals surface area contributed by atoms with Crippen molar-refractivity contribution in [1.82, 2.24) is 10.2 Å². The van der Waals surface area contributed by atoms with Crippen LogP contribution in [0.15, 0.2) is 57.8 Å². The van der Waals surface area contributed by atoms with Crippen molar-refractivity contribution in [2.45, 2.75) is 19.4 Å². The van der Waals surface area contributed by atoms with E-state index in [2.05, 4.69) is 20.7 Å². The molecule has 1 unspecified atom stereocenters. The van der Waals surface area contributed by atoms with Crippen LogP contribution in [0.4, 0.5) is 15.8 Å². The summed E-state index contributed by atoms with van der Waals surface area (Å²) in [6, 6.07) is 12.4. The van der Waals surface area contributed by atoms with Gasteiger partial charge < -0.3 is 31.4 Å². The number of carbonyl (C=O) groups is 1. The number of hydrogen-bond acceptors (Lipinski definition) is 7. The minimum Gasteiger partial charge on any atom is -0.399 e. The second kappa shape index (κ2) is 10.9. The standard InChI is InChI=1S/C24H29FN8O2/c1-16(34)28-15-20-13-22(31-35-20)18-4-7-23(21(25)12-18)32-8-10-33(11-9-32)24(27)30-29-14-17-2-5-19(26)6-3-17/h2-7,12,14,20H,8-11,13,15,26H2,1H3,(H2,27,30)(H,28,34). The fourth-order valence-corrected chi connectivity index (χ4v) is 3.89. The molecule has 2 aliphatic rings. The molecule has 1 fully saturated rings. The summed E-state index contributed by atoms with van der Waals surface area (Å²) in [5.74, 6) is -0.129. The predicted molar refractivity (Wildman–Crippen MR) is 135 cm³/mol. The molecule has 2 heterocycles. The molecule has 4 rings (SSSR count). The van der Waals surface area contributed by atoms with E-state index in [1.807, 2.05) is 28.0 Å². The zero-order valence-electron chi connectivity index (χ0n) is 19.5. The molecule has 11 heteroatoms. The van der Waals surface area contributed by atoms with Crippen LogP contribution in [0.5, 0.6) is 0 Å². The maximum atomic E-state index is 15.0. The summed E-state index contributed by atoms with van der Waals surface area (Å²) in [6.45, 7) is 4.20. The van der Waals surface area contributed by atoms with E-state index in [1.165, 1.54) is 13.0 Å². The van der Waals surface area contributed by atoms with Gasteiger partial charge in [0, 0.05) is 50.8 Å². The lowest BCUT2D eigenvalue weighted by atomic mass is 10.0. The van der Waals surface area contributed by atoms with Gasteiger partial charge in [0.05, 0.1) is 24.2 Å². The second-order valence-corrected chi connectivity index (χ2v) is 8.42. The lowest BCUT2D eigenvalue weighted by Gasteiger charge is -2.36. The molecule has 35 heavy (non-hydrogen) atoms. The number of piperazine rings is 1. The number of hydrogen-bond donors (Lipinski definition) is 3. The molecule has 0 spiro atoms. The Bertz CT molecular complexity index is 1140. The van der Waals surface area contributed by atoms with Gasteiger partial charge in [-0.2, -0.15) is 5.10 Å². The highest BCUT2D eigenvalue weighted by Crippen LogP contribution is 2.25. The van der Waals surface area contributed by atoms with Crippen LogP contribution in [-0.4, -0.2) is 67.5 Å². The molecule has 1 amide bonds. The molecule has 1 atom stereocenters. The number of halogens is 1. The largest absolute Gasteiger partial charge is 0.399 e. The van der Waals surface area contributed by atoms with Gasteiger partial charge in [0.1, 0.15) is 11.9 Å². The highest BCUT2D eigenvalue weighted by Gasteiger charge is 2.25. The van der Waals surface area contributed by atoms with Crippen LogP contribution in [0.3, 0.4) is 0 Å². The van der Waals surface area contributed by atoms with Crippen LogP contribution in [0, 0.1) is 5.82 Å². The summed E-state index contributed by atoms with van der Waals surface area (Å²) in [5.41, 5.74) is 15.2. The molecule has 2 aromatic rings. The van der Waals surface area contributed by atoms with Gasteiger partial charge in [-0.3, -0.25) is 4.79 Å². The molecule has 1 saturated heterocycles. The number of rotatable bonds is 6. The Morgan fingerprint density at radius 2 is 1.97 bits per heavy atom. The normalized spacial score (nSPS) is 18.5. The zero-order valence-corrected chi connectivity index (χ0v) is 19.5. The van der Waals surface area contributed by atoms with Gasteiger partial charge in [0.2, 0.25) is 11.9 Å². The minimum atomic E-state index is -0.321. The molecule has 0 bridgehead atoms. The van der Waals surface area contributed by atoms with Crippen molar-refractivity contribution in [3.8, 4) is 0 Å². The molecule has 0 aromatic heterocycles. The van der Waals surface area contributed by atoms with Crippen molar-refractivity contribution in [2.75, 3.05) is 43.4 Å². The van der Waals surface area contributed by atoms with Crippen LogP contribution in [-0.2, 0) is 9.63 Å². The molecular formula is C24H29FN8O2. The average Bonchev–Trinajstić information content (AvgIpc) is 3.33. The first-order chi connectivity index (χ1) is 16.9. The Kier molecular flexibility index (Phi) is 7.44. The number of oxime groups is 1. The number of benzene rings is 2. The summed E-state index contributed by atoms with van der Waals surface area (Å²) in [7, 11) is 0. The van der Waals surface area contributed by atoms with Gasteiger partial charge in [-0.15, -0.1) is 5.10 Å². The highest BCUT2D eigenvalue weighted by molar-refractivity contribution is 6.01. The van der Waals surface area contributed by atoms with Crippen LogP contribution in [0.25, 0.3) is 0 Å². The quantitative estimate of drug-likeness (QED) is 0.248. The van der Waals surface area contributed by atoms with E-state index in [-0.39, 0.29) is 17.8 Å². The summed E-state index contributed by atoms with van der Waals surface area (Å²) in [5, 5.41) is 14.9. The SMILES string of the molecule is CC(=O)NCC1CC(c2ccc(N3CCN(/C(N)=N/N=Cc4ccc(N)cc4)CC3)c(F)c2)=NO1. The predicted octanol–water partition coefficient (Wildman–Crippen LogP) is 1.51. The van der Waals surface area contributed by atoms with Crippen LogP contribution in [0.2, 0.25) is 0 Å². The molecular weight excluding hydrogens is 451 g/mol. The molecule has 2 aromatic carbocycles. The van der Waals surface area contributed by atoms with E-state index in [1.54, 1.807) is 24.4 Å². The fourth-order valence-electron chi connectivity index (χ4n) is 3.89. The van der Waals surface area contributed by atoms with Crippen molar-refractivity contribution in [3.63, 3.8) is 0 Å². The second-order valence-electron chi connectivity index (χ2n) is 8.42. The molecule has 10 nitrogen and oxygen atoms in total. The van der Waals surface area contributed by atoms with E-state index in [4.69, 9.17) is 16.3 Å². The average molecular weight is 481 g/mol. The molecule has 0 saturated carbocycles. The number of nitrogens with two attached hydrogens (primary N) is 2. The lowest BCUT2D eigenvalue weighted by molar-refractivity contribution is -0.119. The minimum absolute atomic E-state index is 0.128. The van der Waals surface area contributed by atoms with Crippen molar-refractivity contribution in [1.29, 1.82) is 0 Å². The maximum Gasteiger partial charge on any atom is 0.217 e. The molecule has 5 N–H and O–H groups in total. The van der Waals surface area contributed by atoms with Crippen molar-refractivity contribution in [2.24, 2.45) is 21.1 Å². The third-order valence-electron chi connectivity index (χ3n) is 5.84. The van der Waals surface area contributed by atoms with E-state index < -0.39 is 0 Å². The van der Waals surface area contributed by atoms with Crippen LogP contribution in [0.1, 0.15) is 24.5 Å². The Hall–Kier alpha value is -4.15. The summed E-state index contributed by atoms with van der Waals surface area (Å²) in [6.07, 6.45) is 1.88. The van der Waals surface area contributed by atoms with E-state index in [0.717, 1.165) is 5.56 Å². The van der Waals surface area contributed by atoms with Gasteiger partial charge >= 0.3 is 0 Å². The van der Waals surface area contributed by atoms with E-state index >= 15 is 0 Å². The molecule has 0 radical (unpaired) electrons. The van der Waals surface area contributed by atoms with E-state index in [0.29, 0.717) is 67.8 Å². The van der Waals surface area contributed by atoms with Crippen LogP contribution < -0.4 is 21.7 Å². The number of amides is 1. The molecule has 184 valence electrons. The summed E-state index contributed by atoms with van der Waals surface area (Å²) in [4.78, 5) is 20.3. The Labute approximate surface area is 203 Å². The topological polar surface area (TPSA) is 134 Å². The van der Waals surface area contributed by atoms with Crippen LogP contribution >= 0.6 is 0 Å². The van der Waals surface area contributed by atoms with Gasteiger partial charge in [-0.25, -0.2) is 4.39 Å². The molecule has 0 aliphatic carbocycles. The van der Waals surface area contributed by atoms with Crippen molar-refractivity contribution >= 4 is 35.2 Å². The Balaban J connectivity index is 1.30. The Morgan fingerprint density at radius 1 is 1.23 bits per heavy atom. The van der Waals surface area contributed by atoms with Gasteiger partial charge in [-0.1, -0.05) is 23.4 Å². The van der Waals surface area contributed by atoms with Crippen molar-refractivity contribution < 1.29 is 14.0 Å². The maximum absolute atomic E-state index is 15.0. The number of nitrogen functional groups attached to an aromatic ring is 1. The third-order valence-corrected chi connectivity index (χ3v) is 5.84. The van der Waals surface area contributed by atoms with Gasteiger partial charge in [0.25, 0.3) is 0 Å².